The Balaban J connectivity index is 2.43. The molecule has 1 N–H and O–H groups in total. The van der Waals surface area contributed by atoms with Crippen molar-refractivity contribution in [1.29, 1.82) is 0 Å². The third kappa shape index (κ3) is 1.31. The highest BCUT2D eigenvalue weighted by molar-refractivity contribution is 5.44. The molecular formula is C11H15NO. The number of fused-ring (bicyclic) bond motifs is 1. The van der Waals surface area contributed by atoms with Crippen LogP contribution in [0.15, 0.2) is 18.2 Å². The van der Waals surface area contributed by atoms with Crippen molar-refractivity contribution >= 4 is 0 Å². The molecule has 1 atom stereocenters. The summed E-state index contributed by atoms with van der Waals surface area (Å²) in [5.74, 6) is 1.04. The lowest BCUT2D eigenvalue weighted by Crippen LogP contribution is -2.12. The number of ether oxygens (including phenoxy) is 1. The van der Waals surface area contributed by atoms with Crippen LogP contribution in [0.2, 0.25) is 0 Å². The second kappa shape index (κ2) is 3.38. The van der Waals surface area contributed by atoms with Crippen LogP contribution in [0.1, 0.15) is 23.6 Å². The Morgan fingerprint density at radius 3 is 3.00 bits per heavy atom. The lowest BCUT2D eigenvalue weighted by molar-refractivity contribution is 0.410. The van der Waals surface area contributed by atoms with Crippen molar-refractivity contribution in [2.24, 2.45) is 0 Å². The van der Waals surface area contributed by atoms with E-state index in [1.807, 2.05) is 13.1 Å². The Labute approximate surface area is 78.9 Å². The van der Waals surface area contributed by atoms with Crippen LogP contribution in [0, 0.1) is 0 Å². The lowest BCUT2D eigenvalue weighted by atomic mass is 10.1. The summed E-state index contributed by atoms with van der Waals surface area (Å²) in [5, 5.41) is 3.32. The highest BCUT2D eigenvalue weighted by atomic mass is 16.5. The predicted molar refractivity (Wildman–Crippen MR) is 53.1 cm³/mol. The summed E-state index contributed by atoms with van der Waals surface area (Å²) in [6.07, 6.45) is 2.32. The maximum atomic E-state index is 5.32. The normalized spacial score (nSPS) is 20.0. The van der Waals surface area contributed by atoms with Crippen LogP contribution in [0.25, 0.3) is 0 Å². The van der Waals surface area contributed by atoms with E-state index in [0.717, 1.165) is 12.2 Å². The van der Waals surface area contributed by atoms with Crippen molar-refractivity contribution in [3.05, 3.63) is 29.3 Å². The highest BCUT2D eigenvalue weighted by Gasteiger charge is 2.23. The number of methoxy groups -OCH3 is 1. The highest BCUT2D eigenvalue weighted by Crippen LogP contribution is 2.36. The maximum absolute atomic E-state index is 5.32. The van der Waals surface area contributed by atoms with E-state index < -0.39 is 0 Å². The van der Waals surface area contributed by atoms with Crippen LogP contribution in [0.4, 0.5) is 0 Å². The Kier molecular flexibility index (Phi) is 2.23. The third-order valence-corrected chi connectivity index (χ3v) is 2.80. The predicted octanol–water partition coefficient (Wildman–Crippen LogP) is 1.90. The van der Waals surface area contributed by atoms with Crippen LogP contribution in [-0.4, -0.2) is 14.2 Å². The van der Waals surface area contributed by atoms with Gasteiger partial charge in [0, 0.05) is 6.04 Å². The molecule has 0 saturated heterocycles. The van der Waals surface area contributed by atoms with E-state index in [0.29, 0.717) is 6.04 Å². The summed E-state index contributed by atoms with van der Waals surface area (Å²) in [6, 6.07) is 6.81. The molecule has 13 heavy (non-hydrogen) atoms. The molecule has 0 aromatic heterocycles. The van der Waals surface area contributed by atoms with E-state index in [9.17, 15) is 0 Å². The Hall–Kier alpha value is -1.02. The van der Waals surface area contributed by atoms with Gasteiger partial charge >= 0.3 is 0 Å². The molecule has 1 aromatic rings. The molecule has 0 unspecified atom stereocenters. The molecule has 70 valence electrons. The quantitative estimate of drug-likeness (QED) is 0.745. The first kappa shape index (κ1) is 8.57. The fourth-order valence-corrected chi connectivity index (χ4v) is 2.11. The van der Waals surface area contributed by atoms with Crippen LogP contribution in [0.5, 0.6) is 5.75 Å². The van der Waals surface area contributed by atoms with Gasteiger partial charge in [-0.2, -0.15) is 0 Å². The lowest BCUT2D eigenvalue weighted by Gasteiger charge is -2.10. The van der Waals surface area contributed by atoms with E-state index >= 15 is 0 Å². The first-order valence-corrected chi connectivity index (χ1v) is 4.70. The smallest absolute Gasteiger partial charge is 0.122 e. The molecule has 1 aromatic carbocycles. The fourth-order valence-electron chi connectivity index (χ4n) is 2.11. The van der Waals surface area contributed by atoms with Gasteiger partial charge in [-0.15, -0.1) is 0 Å². The van der Waals surface area contributed by atoms with E-state index in [1.165, 1.54) is 17.5 Å². The average Bonchev–Trinajstić information content (AvgIpc) is 2.60. The van der Waals surface area contributed by atoms with Crippen molar-refractivity contribution in [2.75, 3.05) is 14.2 Å². The average molecular weight is 177 g/mol. The Bertz CT molecular complexity index is 309. The second-order valence-electron chi connectivity index (χ2n) is 3.41. The third-order valence-electron chi connectivity index (χ3n) is 2.80. The number of nitrogens with one attached hydrogen (secondary N) is 1. The van der Waals surface area contributed by atoms with Crippen LogP contribution >= 0.6 is 0 Å². The van der Waals surface area contributed by atoms with Crippen molar-refractivity contribution in [3.63, 3.8) is 0 Å². The molecular weight excluding hydrogens is 162 g/mol. The minimum Gasteiger partial charge on any atom is -0.496 e. The first-order chi connectivity index (χ1) is 6.36. The van der Waals surface area contributed by atoms with E-state index in [1.54, 1.807) is 7.11 Å². The molecule has 2 rings (SSSR count). The van der Waals surface area contributed by atoms with Crippen molar-refractivity contribution in [1.82, 2.24) is 5.32 Å². The van der Waals surface area contributed by atoms with Crippen molar-refractivity contribution in [2.45, 2.75) is 18.9 Å². The number of hydrogen-bond donors (Lipinski definition) is 1. The minimum atomic E-state index is 0.519. The molecule has 1 aliphatic rings. The zero-order valence-corrected chi connectivity index (χ0v) is 8.13. The van der Waals surface area contributed by atoms with Gasteiger partial charge in [-0.3, -0.25) is 0 Å². The molecule has 2 heteroatoms. The topological polar surface area (TPSA) is 21.3 Å². The van der Waals surface area contributed by atoms with Crippen molar-refractivity contribution in [3.8, 4) is 5.75 Å². The molecule has 0 heterocycles. The summed E-state index contributed by atoms with van der Waals surface area (Å²) in [7, 11) is 3.75. The molecule has 0 saturated carbocycles. The molecule has 0 spiro atoms. The van der Waals surface area contributed by atoms with Crippen molar-refractivity contribution < 1.29 is 4.74 Å². The molecule has 0 bridgehead atoms. The van der Waals surface area contributed by atoms with Gasteiger partial charge in [-0.05, 0) is 37.1 Å². The minimum absolute atomic E-state index is 0.519. The number of hydrogen-bond acceptors (Lipinski definition) is 2. The summed E-state index contributed by atoms with van der Waals surface area (Å²) >= 11 is 0. The molecule has 0 radical (unpaired) electrons. The van der Waals surface area contributed by atoms with Gasteiger partial charge in [0.05, 0.1) is 7.11 Å². The van der Waals surface area contributed by atoms with E-state index in [-0.39, 0.29) is 0 Å². The largest absolute Gasteiger partial charge is 0.496 e. The van der Waals surface area contributed by atoms with Gasteiger partial charge in [0.2, 0.25) is 0 Å². The monoisotopic (exact) mass is 177 g/mol. The van der Waals surface area contributed by atoms with E-state index in [2.05, 4.69) is 17.4 Å². The van der Waals surface area contributed by atoms with Gasteiger partial charge in [-0.1, -0.05) is 12.1 Å². The van der Waals surface area contributed by atoms with Crippen LogP contribution < -0.4 is 10.1 Å². The Morgan fingerprint density at radius 1 is 1.46 bits per heavy atom. The van der Waals surface area contributed by atoms with Gasteiger partial charge in [0.25, 0.3) is 0 Å². The molecule has 2 nitrogen and oxygen atoms in total. The molecule has 0 fully saturated rings. The molecule has 0 amide bonds. The summed E-state index contributed by atoms with van der Waals surface area (Å²) in [4.78, 5) is 0. The molecule has 1 aliphatic carbocycles. The summed E-state index contributed by atoms with van der Waals surface area (Å²) in [6.45, 7) is 0. The summed E-state index contributed by atoms with van der Waals surface area (Å²) in [5.41, 5.74) is 2.78. The summed E-state index contributed by atoms with van der Waals surface area (Å²) < 4.78 is 5.32. The number of benzene rings is 1. The van der Waals surface area contributed by atoms with Gasteiger partial charge in [-0.25, -0.2) is 0 Å². The Morgan fingerprint density at radius 2 is 2.31 bits per heavy atom. The number of rotatable bonds is 2. The van der Waals surface area contributed by atoms with Crippen LogP contribution in [0.3, 0.4) is 0 Å². The second-order valence-corrected chi connectivity index (χ2v) is 3.41. The van der Waals surface area contributed by atoms with E-state index in [4.69, 9.17) is 4.74 Å². The zero-order chi connectivity index (χ0) is 9.26. The van der Waals surface area contributed by atoms with Gasteiger partial charge in [0.15, 0.2) is 0 Å². The molecule has 0 aliphatic heterocycles. The standard InChI is InChI=1S/C11H15NO/c1-12-10-7-6-9-8(10)4-3-5-11(9)13-2/h3-5,10,12H,6-7H2,1-2H3/t10-/m1/s1. The SMILES string of the molecule is CN[C@@H]1CCc2c(OC)cccc21. The van der Waals surface area contributed by atoms with Gasteiger partial charge in [0.1, 0.15) is 5.75 Å². The fraction of sp³-hybridized carbons (Fsp3) is 0.455. The maximum Gasteiger partial charge on any atom is 0.122 e. The first-order valence-electron chi connectivity index (χ1n) is 4.70. The van der Waals surface area contributed by atoms with Crippen LogP contribution in [-0.2, 0) is 6.42 Å². The van der Waals surface area contributed by atoms with Gasteiger partial charge < -0.3 is 10.1 Å². The zero-order valence-electron chi connectivity index (χ0n) is 8.13.